The largest absolute Gasteiger partial charge is 0.377 e. The van der Waals surface area contributed by atoms with E-state index < -0.39 is 0 Å². The average molecular weight is 288 g/mol. The molecule has 1 fully saturated rings. The zero-order valence-electron chi connectivity index (χ0n) is 10.2. The molecule has 1 aromatic carbocycles. The normalized spacial score (nSPS) is 20.6. The first kappa shape index (κ1) is 13.7. The molecule has 98 valence electrons. The fourth-order valence-electron chi connectivity index (χ4n) is 2.04. The highest BCUT2D eigenvalue weighted by molar-refractivity contribution is 6.39. The topological polar surface area (TPSA) is 29.5 Å². The van der Waals surface area contributed by atoms with Crippen molar-refractivity contribution in [3.63, 3.8) is 0 Å². The summed E-state index contributed by atoms with van der Waals surface area (Å²) in [5.41, 5.74) is 0.384. The van der Waals surface area contributed by atoms with Gasteiger partial charge in [-0.2, -0.15) is 0 Å². The maximum absolute atomic E-state index is 12.4. The molecular formula is C13H15Cl2NO2. The number of hydrogen-bond donors (Lipinski definition) is 0. The lowest BCUT2D eigenvalue weighted by molar-refractivity contribution is 0.0563. The van der Waals surface area contributed by atoms with Crippen molar-refractivity contribution in [3.05, 3.63) is 33.8 Å². The molecule has 1 aliphatic rings. The lowest BCUT2D eigenvalue weighted by Crippen LogP contribution is -2.36. The predicted octanol–water partition coefficient (Wildman–Crippen LogP) is 3.24. The van der Waals surface area contributed by atoms with Crippen LogP contribution in [0.15, 0.2) is 18.2 Å². The standard InChI is InChI=1S/C13H15Cl2NO2/c1-9-8-16(6-3-7-18-9)13(17)12-10(14)4-2-5-11(12)15/h2,4-5,9H,3,6-8H2,1H3. The number of carbonyl (C=O) groups is 1. The average Bonchev–Trinajstić information content (AvgIpc) is 2.53. The zero-order chi connectivity index (χ0) is 13.1. The monoisotopic (exact) mass is 287 g/mol. The molecule has 1 atom stereocenters. The first-order chi connectivity index (χ1) is 8.59. The number of carbonyl (C=O) groups excluding carboxylic acids is 1. The second kappa shape index (κ2) is 5.91. The van der Waals surface area contributed by atoms with Crippen LogP contribution in [0.1, 0.15) is 23.7 Å². The van der Waals surface area contributed by atoms with Crippen LogP contribution in [0.5, 0.6) is 0 Å². The quantitative estimate of drug-likeness (QED) is 0.794. The second-order valence-corrected chi connectivity index (χ2v) is 5.20. The Morgan fingerprint density at radius 2 is 2.06 bits per heavy atom. The Morgan fingerprint density at radius 1 is 1.39 bits per heavy atom. The SMILES string of the molecule is CC1CN(C(=O)c2c(Cl)cccc2Cl)CCCO1. The lowest BCUT2D eigenvalue weighted by atomic mass is 10.2. The Kier molecular flexibility index (Phi) is 4.49. The Labute approximate surface area is 117 Å². The van der Waals surface area contributed by atoms with Gasteiger partial charge in [0, 0.05) is 19.7 Å². The van der Waals surface area contributed by atoms with E-state index in [-0.39, 0.29) is 12.0 Å². The Morgan fingerprint density at radius 3 is 2.72 bits per heavy atom. The van der Waals surface area contributed by atoms with E-state index in [4.69, 9.17) is 27.9 Å². The van der Waals surface area contributed by atoms with Crippen molar-refractivity contribution in [2.45, 2.75) is 19.4 Å². The smallest absolute Gasteiger partial charge is 0.256 e. The fraction of sp³-hybridized carbons (Fsp3) is 0.462. The van der Waals surface area contributed by atoms with Crippen LogP contribution in [-0.2, 0) is 4.74 Å². The Hall–Kier alpha value is -0.770. The van der Waals surface area contributed by atoms with Gasteiger partial charge in [0.2, 0.25) is 0 Å². The van der Waals surface area contributed by atoms with Gasteiger partial charge in [-0.1, -0.05) is 29.3 Å². The minimum atomic E-state index is -0.122. The molecule has 0 radical (unpaired) electrons. The van der Waals surface area contributed by atoms with Crippen molar-refractivity contribution in [1.82, 2.24) is 4.90 Å². The van der Waals surface area contributed by atoms with Crippen molar-refractivity contribution >= 4 is 29.1 Å². The van der Waals surface area contributed by atoms with Crippen molar-refractivity contribution in [3.8, 4) is 0 Å². The van der Waals surface area contributed by atoms with E-state index in [1.54, 1.807) is 23.1 Å². The van der Waals surface area contributed by atoms with Crippen LogP contribution in [0.25, 0.3) is 0 Å². The molecule has 0 aromatic heterocycles. The predicted molar refractivity (Wildman–Crippen MR) is 72.4 cm³/mol. The lowest BCUT2D eigenvalue weighted by Gasteiger charge is -2.23. The summed E-state index contributed by atoms with van der Waals surface area (Å²) in [6, 6.07) is 5.09. The Bertz CT molecular complexity index is 430. The molecule has 1 aliphatic heterocycles. The summed E-state index contributed by atoms with van der Waals surface area (Å²) in [4.78, 5) is 14.2. The highest BCUT2D eigenvalue weighted by Gasteiger charge is 2.24. The van der Waals surface area contributed by atoms with E-state index in [0.29, 0.717) is 35.3 Å². The Balaban J connectivity index is 2.24. The summed E-state index contributed by atoms with van der Waals surface area (Å²) in [7, 11) is 0. The first-order valence-electron chi connectivity index (χ1n) is 5.94. The summed E-state index contributed by atoms with van der Waals surface area (Å²) < 4.78 is 5.52. The number of benzene rings is 1. The molecule has 0 spiro atoms. The van der Waals surface area contributed by atoms with Gasteiger partial charge >= 0.3 is 0 Å². The molecule has 2 rings (SSSR count). The molecule has 0 aliphatic carbocycles. The fourth-order valence-corrected chi connectivity index (χ4v) is 2.60. The molecular weight excluding hydrogens is 273 g/mol. The zero-order valence-corrected chi connectivity index (χ0v) is 11.7. The number of amides is 1. The van der Waals surface area contributed by atoms with Crippen LogP contribution in [0.4, 0.5) is 0 Å². The minimum Gasteiger partial charge on any atom is -0.377 e. The van der Waals surface area contributed by atoms with Gasteiger partial charge < -0.3 is 9.64 Å². The number of ether oxygens (including phenoxy) is 1. The maximum atomic E-state index is 12.4. The summed E-state index contributed by atoms with van der Waals surface area (Å²) in [5, 5.41) is 0.788. The first-order valence-corrected chi connectivity index (χ1v) is 6.70. The maximum Gasteiger partial charge on any atom is 0.256 e. The highest BCUT2D eigenvalue weighted by Crippen LogP contribution is 2.26. The molecule has 1 saturated heterocycles. The molecule has 0 bridgehead atoms. The third-order valence-corrected chi connectivity index (χ3v) is 3.55. The van der Waals surface area contributed by atoms with Crippen LogP contribution in [-0.4, -0.2) is 36.6 Å². The van der Waals surface area contributed by atoms with Crippen molar-refractivity contribution in [2.24, 2.45) is 0 Å². The summed E-state index contributed by atoms with van der Waals surface area (Å²) in [6.07, 6.45) is 0.871. The van der Waals surface area contributed by atoms with Crippen molar-refractivity contribution in [2.75, 3.05) is 19.7 Å². The minimum absolute atomic E-state index is 0.0395. The van der Waals surface area contributed by atoms with E-state index in [2.05, 4.69) is 0 Å². The van der Waals surface area contributed by atoms with Crippen LogP contribution < -0.4 is 0 Å². The number of hydrogen-bond acceptors (Lipinski definition) is 2. The van der Waals surface area contributed by atoms with Crippen LogP contribution in [0, 0.1) is 0 Å². The van der Waals surface area contributed by atoms with Gasteiger partial charge in [-0.3, -0.25) is 4.79 Å². The third kappa shape index (κ3) is 2.97. The second-order valence-electron chi connectivity index (χ2n) is 4.38. The van der Waals surface area contributed by atoms with Crippen LogP contribution >= 0.6 is 23.2 Å². The third-order valence-electron chi connectivity index (χ3n) is 2.92. The van der Waals surface area contributed by atoms with Crippen LogP contribution in [0.2, 0.25) is 10.0 Å². The van der Waals surface area contributed by atoms with Gasteiger partial charge in [0.25, 0.3) is 5.91 Å². The van der Waals surface area contributed by atoms with Crippen molar-refractivity contribution in [1.29, 1.82) is 0 Å². The van der Waals surface area contributed by atoms with Gasteiger partial charge in [-0.05, 0) is 25.5 Å². The molecule has 5 heteroatoms. The van der Waals surface area contributed by atoms with Gasteiger partial charge in [-0.25, -0.2) is 0 Å². The van der Waals surface area contributed by atoms with E-state index in [9.17, 15) is 4.79 Å². The molecule has 18 heavy (non-hydrogen) atoms. The molecule has 0 N–H and O–H groups in total. The molecule has 1 heterocycles. The highest BCUT2D eigenvalue weighted by atomic mass is 35.5. The number of nitrogens with zero attached hydrogens (tertiary/aromatic N) is 1. The number of halogens is 2. The van der Waals surface area contributed by atoms with E-state index >= 15 is 0 Å². The molecule has 1 unspecified atom stereocenters. The summed E-state index contributed by atoms with van der Waals surface area (Å²) in [5.74, 6) is -0.122. The van der Waals surface area contributed by atoms with Gasteiger partial charge in [0.1, 0.15) is 0 Å². The molecule has 1 aromatic rings. The van der Waals surface area contributed by atoms with Crippen LogP contribution in [0.3, 0.4) is 0 Å². The van der Waals surface area contributed by atoms with Gasteiger partial charge in [0.05, 0.1) is 21.7 Å². The van der Waals surface area contributed by atoms with Crippen molar-refractivity contribution < 1.29 is 9.53 Å². The van der Waals surface area contributed by atoms with E-state index in [0.717, 1.165) is 6.42 Å². The molecule has 0 saturated carbocycles. The molecule has 1 amide bonds. The van der Waals surface area contributed by atoms with E-state index in [1.807, 2.05) is 6.92 Å². The summed E-state index contributed by atoms with van der Waals surface area (Å²) in [6.45, 7) is 3.88. The summed E-state index contributed by atoms with van der Waals surface area (Å²) >= 11 is 12.1. The number of rotatable bonds is 1. The van der Waals surface area contributed by atoms with Gasteiger partial charge in [-0.15, -0.1) is 0 Å². The van der Waals surface area contributed by atoms with Gasteiger partial charge in [0.15, 0.2) is 0 Å². The van der Waals surface area contributed by atoms with E-state index in [1.165, 1.54) is 0 Å². The molecule has 3 nitrogen and oxygen atoms in total.